The van der Waals surface area contributed by atoms with E-state index in [9.17, 15) is 18.0 Å². The molecule has 0 aromatic heterocycles. The zero-order valence-electron chi connectivity index (χ0n) is 15.3. The summed E-state index contributed by atoms with van der Waals surface area (Å²) in [6.45, 7) is 0. The summed E-state index contributed by atoms with van der Waals surface area (Å²) in [6.07, 6.45) is 4.02. The Bertz CT molecular complexity index is 913. The number of hydrogen-bond acceptors (Lipinski definition) is 5. The predicted molar refractivity (Wildman–Crippen MR) is 106 cm³/mol. The van der Waals surface area contributed by atoms with Gasteiger partial charge >= 0.3 is 0 Å². The number of rotatable bonds is 9. The smallest absolute Gasteiger partial charge is 0.180 e. The molecule has 0 unspecified atom stereocenters. The van der Waals surface area contributed by atoms with Crippen LogP contribution >= 0.6 is 0 Å². The van der Waals surface area contributed by atoms with Crippen LogP contribution < -0.4 is 4.74 Å². The van der Waals surface area contributed by atoms with E-state index in [0.29, 0.717) is 5.75 Å². The van der Waals surface area contributed by atoms with Crippen molar-refractivity contribution in [3.63, 3.8) is 0 Å². The van der Waals surface area contributed by atoms with Crippen LogP contribution in [-0.2, 0) is 14.6 Å². The van der Waals surface area contributed by atoms with Crippen LogP contribution in [0.4, 0.5) is 0 Å². The lowest BCUT2D eigenvalue weighted by Gasteiger charge is -2.13. The van der Waals surface area contributed by atoms with E-state index in [1.165, 1.54) is 25.3 Å². The first kappa shape index (κ1) is 20.6. The topological polar surface area (TPSA) is 77.5 Å². The van der Waals surface area contributed by atoms with Crippen molar-refractivity contribution in [2.24, 2.45) is 0 Å². The number of carbonyl (C=O) groups excluding carboxylic acids is 2. The van der Waals surface area contributed by atoms with Crippen LogP contribution in [0, 0.1) is 0 Å². The highest BCUT2D eigenvalue weighted by atomic mass is 32.2. The molecular formula is C21H22O5S. The van der Waals surface area contributed by atoms with Crippen LogP contribution in [0.2, 0.25) is 0 Å². The lowest BCUT2D eigenvalue weighted by molar-refractivity contribution is -0.114. The van der Waals surface area contributed by atoms with Gasteiger partial charge in [0.15, 0.2) is 21.4 Å². The van der Waals surface area contributed by atoms with Crippen LogP contribution in [-0.4, -0.2) is 38.6 Å². The highest BCUT2D eigenvalue weighted by molar-refractivity contribution is 7.92. The molecular weight excluding hydrogens is 364 g/mol. The first-order valence-electron chi connectivity index (χ1n) is 8.44. The molecule has 27 heavy (non-hydrogen) atoms. The van der Waals surface area contributed by atoms with Gasteiger partial charge in [0.2, 0.25) is 0 Å². The molecule has 2 aromatic rings. The predicted octanol–water partition coefficient (Wildman–Crippen LogP) is 3.35. The van der Waals surface area contributed by atoms with E-state index in [-0.39, 0.29) is 24.2 Å². The maximum absolute atomic E-state index is 12.6. The molecule has 0 aliphatic heterocycles. The molecule has 0 heterocycles. The summed E-state index contributed by atoms with van der Waals surface area (Å²) in [4.78, 5) is 24.7. The fourth-order valence-corrected chi connectivity index (χ4v) is 3.66. The maximum Gasteiger partial charge on any atom is 0.180 e. The Morgan fingerprint density at radius 2 is 1.67 bits per heavy atom. The monoisotopic (exact) mass is 386 g/mol. The third-order valence-corrected chi connectivity index (χ3v) is 5.58. The van der Waals surface area contributed by atoms with Crippen molar-refractivity contribution < 1.29 is 22.7 Å². The summed E-state index contributed by atoms with van der Waals surface area (Å²) >= 11 is 0. The van der Waals surface area contributed by atoms with Gasteiger partial charge < -0.3 is 4.74 Å². The van der Waals surface area contributed by atoms with Crippen molar-refractivity contribution in [3.8, 4) is 5.75 Å². The summed E-state index contributed by atoms with van der Waals surface area (Å²) in [7, 11) is -2.14. The van der Waals surface area contributed by atoms with Crippen molar-refractivity contribution in [2.75, 3.05) is 13.4 Å². The van der Waals surface area contributed by atoms with Crippen molar-refractivity contribution in [1.82, 2.24) is 0 Å². The molecule has 0 aliphatic carbocycles. The van der Waals surface area contributed by atoms with Gasteiger partial charge in [0.05, 0.1) is 7.11 Å². The minimum absolute atomic E-state index is 0.0248. The summed E-state index contributed by atoms with van der Waals surface area (Å²) in [5.74, 6) is -0.168. The number of sulfone groups is 1. The molecule has 0 saturated heterocycles. The summed E-state index contributed by atoms with van der Waals surface area (Å²) < 4.78 is 29.2. The van der Waals surface area contributed by atoms with Gasteiger partial charge in [0.1, 0.15) is 11.0 Å². The summed E-state index contributed by atoms with van der Waals surface area (Å²) in [5, 5.41) is -1.25. The third-order valence-electron chi connectivity index (χ3n) is 4.10. The molecule has 0 N–H and O–H groups in total. The van der Waals surface area contributed by atoms with Crippen molar-refractivity contribution >= 4 is 27.5 Å². The average molecular weight is 386 g/mol. The van der Waals surface area contributed by atoms with Crippen LogP contribution in [0.1, 0.15) is 28.8 Å². The quantitative estimate of drug-likeness (QED) is 0.488. The summed E-state index contributed by atoms with van der Waals surface area (Å²) in [5.41, 5.74) is 1.15. The molecule has 0 radical (unpaired) electrons. The number of allylic oxidation sites excluding steroid dienone is 1. The van der Waals surface area contributed by atoms with Gasteiger partial charge in [-0.25, -0.2) is 8.42 Å². The number of benzene rings is 2. The Morgan fingerprint density at radius 1 is 1.04 bits per heavy atom. The zero-order valence-corrected chi connectivity index (χ0v) is 16.1. The summed E-state index contributed by atoms with van der Waals surface area (Å²) in [6, 6.07) is 15.6. The Morgan fingerprint density at radius 3 is 2.22 bits per heavy atom. The van der Waals surface area contributed by atoms with Crippen molar-refractivity contribution in [2.45, 2.75) is 18.1 Å². The Hall–Kier alpha value is -2.73. The van der Waals surface area contributed by atoms with Gasteiger partial charge in [-0.05, 0) is 42.3 Å². The molecule has 5 nitrogen and oxygen atoms in total. The first-order chi connectivity index (χ1) is 12.8. The van der Waals surface area contributed by atoms with Gasteiger partial charge in [-0.15, -0.1) is 0 Å². The van der Waals surface area contributed by atoms with E-state index in [0.717, 1.165) is 11.8 Å². The maximum atomic E-state index is 12.6. The fourth-order valence-electron chi connectivity index (χ4n) is 2.59. The molecule has 0 amide bonds. The molecule has 6 heteroatoms. The van der Waals surface area contributed by atoms with Gasteiger partial charge in [0, 0.05) is 18.2 Å². The van der Waals surface area contributed by atoms with Gasteiger partial charge in [-0.1, -0.05) is 36.4 Å². The first-order valence-corrected chi connectivity index (χ1v) is 10.4. The largest absolute Gasteiger partial charge is 0.497 e. The highest BCUT2D eigenvalue weighted by Crippen LogP contribution is 2.18. The van der Waals surface area contributed by atoms with Gasteiger partial charge in [0.25, 0.3) is 0 Å². The second kappa shape index (κ2) is 9.28. The van der Waals surface area contributed by atoms with E-state index >= 15 is 0 Å². The second-order valence-electron chi connectivity index (χ2n) is 6.16. The normalized spacial score (nSPS) is 12.7. The number of ether oxygens (including phenoxy) is 1. The Labute approximate surface area is 159 Å². The molecule has 142 valence electrons. The molecule has 0 spiro atoms. The number of methoxy groups -OCH3 is 1. The molecule has 0 aliphatic rings. The van der Waals surface area contributed by atoms with Gasteiger partial charge in [-0.3, -0.25) is 9.59 Å². The van der Waals surface area contributed by atoms with E-state index in [4.69, 9.17) is 4.74 Å². The van der Waals surface area contributed by atoms with Crippen LogP contribution in [0.15, 0.2) is 60.7 Å². The lowest BCUT2D eigenvalue weighted by Crippen LogP contribution is -2.30. The van der Waals surface area contributed by atoms with Gasteiger partial charge in [-0.2, -0.15) is 0 Å². The van der Waals surface area contributed by atoms with E-state index in [1.54, 1.807) is 18.2 Å². The van der Waals surface area contributed by atoms with E-state index in [1.807, 2.05) is 30.3 Å². The SMILES string of the molecule is COc1ccc(C(=O)[C@@H](CCC(=O)/C=C\c2ccccc2)S(C)(=O)=O)cc1. The second-order valence-corrected chi connectivity index (χ2v) is 8.39. The number of hydrogen-bond donors (Lipinski definition) is 0. The van der Waals surface area contributed by atoms with Crippen molar-refractivity contribution in [3.05, 3.63) is 71.8 Å². The minimum atomic E-state index is -3.65. The molecule has 2 aromatic carbocycles. The number of carbonyl (C=O) groups is 2. The molecule has 2 rings (SSSR count). The molecule has 0 saturated carbocycles. The number of Topliss-reactive ketones (excluding diaryl/α,β-unsaturated/α-hetero) is 1. The van der Waals surface area contributed by atoms with E-state index < -0.39 is 20.9 Å². The molecule has 0 fully saturated rings. The molecule has 0 bridgehead atoms. The number of ketones is 2. The third kappa shape index (κ3) is 6.18. The fraction of sp³-hybridized carbons (Fsp3) is 0.238. The van der Waals surface area contributed by atoms with Crippen LogP contribution in [0.3, 0.4) is 0 Å². The van der Waals surface area contributed by atoms with Crippen LogP contribution in [0.25, 0.3) is 6.08 Å². The van der Waals surface area contributed by atoms with Crippen molar-refractivity contribution in [1.29, 1.82) is 0 Å². The van der Waals surface area contributed by atoms with E-state index in [2.05, 4.69) is 0 Å². The lowest BCUT2D eigenvalue weighted by atomic mass is 10.0. The zero-order chi connectivity index (χ0) is 19.9. The standard InChI is InChI=1S/C21H22O5S/c1-26-19-13-9-17(10-14-19)21(23)20(27(2,24)25)15-12-18(22)11-8-16-6-4-3-5-7-16/h3-11,13-14,20H,12,15H2,1-2H3/b11-8-/t20-/m1/s1. The highest BCUT2D eigenvalue weighted by Gasteiger charge is 2.29. The Balaban J connectivity index is 2.07. The molecule has 1 atom stereocenters. The Kier molecular flexibility index (Phi) is 7.07. The average Bonchev–Trinajstić information content (AvgIpc) is 2.66. The minimum Gasteiger partial charge on any atom is -0.497 e. The van der Waals surface area contributed by atoms with Crippen LogP contribution in [0.5, 0.6) is 5.75 Å².